The molecule has 0 bridgehead atoms. The molecule has 3 nitrogen and oxygen atoms in total. The SMILES string of the molecule is CC(C)Oc1ccccc1Nc1ccc2c(c1)CCN2C. The van der Waals surface area contributed by atoms with E-state index in [0.29, 0.717) is 0 Å². The van der Waals surface area contributed by atoms with Gasteiger partial charge in [-0.3, -0.25) is 0 Å². The van der Waals surface area contributed by atoms with Crippen molar-refractivity contribution in [2.75, 3.05) is 23.8 Å². The van der Waals surface area contributed by atoms with Crippen molar-refractivity contribution in [1.29, 1.82) is 0 Å². The first kappa shape index (κ1) is 13.8. The summed E-state index contributed by atoms with van der Waals surface area (Å²) >= 11 is 0. The standard InChI is InChI=1S/C18H22N2O/c1-13(2)21-18-7-5-4-6-16(18)19-15-8-9-17-14(12-15)10-11-20(17)3/h4-9,12-13,19H,10-11H2,1-3H3. The number of hydrogen-bond donors (Lipinski definition) is 1. The van der Waals surface area contributed by atoms with E-state index in [9.17, 15) is 0 Å². The molecule has 3 rings (SSSR count). The Kier molecular flexibility index (Phi) is 3.74. The Labute approximate surface area is 126 Å². The van der Waals surface area contributed by atoms with E-state index in [1.54, 1.807) is 0 Å². The number of benzene rings is 2. The fraction of sp³-hybridized carbons (Fsp3) is 0.333. The molecule has 0 aromatic heterocycles. The average Bonchev–Trinajstić information content (AvgIpc) is 2.82. The lowest BCUT2D eigenvalue weighted by atomic mass is 10.1. The molecule has 0 atom stereocenters. The number of nitrogens with zero attached hydrogens (tertiary/aromatic N) is 1. The Morgan fingerprint density at radius 2 is 1.95 bits per heavy atom. The third-order valence-corrected chi connectivity index (χ3v) is 3.74. The van der Waals surface area contributed by atoms with Gasteiger partial charge in [0.25, 0.3) is 0 Å². The molecule has 0 unspecified atom stereocenters. The van der Waals surface area contributed by atoms with Crippen LogP contribution in [0.25, 0.3) is 0 Å². The van der Waals surface area contributed by atoms with Gasteiger partial charge in [0.2, 0.25) is 0 Å². The first-order chi connectivity index (χ1) is 10.1. The van der Waals surface area contributed by atoms with Gasteiger partial charge in [-0.05, 0) is 56.2 Å². The molecule has 0 radical (unpaired) electrons. The molecule has 0 fully saturated rings. The normalized spacial score (nSPS) is 13.4. The zero-order chi connectivity index (χ0) is 14.8. The highest BCUT2D eigenvalue weighted by Crippen LogP contribution is 2.32. The Bertz CT molecular complexity index is 637. The Hall–Kier alpha value is -2.16. The number of para-hydroxylation sites is 2. The number of ether oxygens (including phenoxy) is 1. The van der Waals surface area contributed by atoms with Gasteiger partial charge in [0.15, 0.2) is 0 Å². The lowest BCUT2D eigenvalue weighted by Crippen LogP contribution is -2.12. The molecular formula is C18H22N2O. The van der Waals surface area contributed by atoms with Gasteiger partial charge in [0, 0.05) is 25.0 Å². The van der Waals surface area contributed by atoms with E-state index in [4.69, 9.17) is 4.74 Å². The monoisotopic (exact) mass is 282 g/mol. The summed E-state index contributed by atoms with van der Waals surface area (Å²) in [7, 11) is 2.14. The average molecular weight is 282 g/mol. The van der Waals surface area contributed by atoms with Crippen molar-refractivity contribution in [3.63, 3.8) is 0 Å². The third-order valence-electron chi connectivity index (χ3n) is 3.74. The molecule has 21 heavy (non-hydrogen) atoms. The van der Waals surface area contributed by atoms with Gasteiger partial charge < -0.3 is 15.0 Å². The molecule has 1 aliphatic heterocycles. The van der Waals surface area contributed by atoms with Crippen LogP contribution in [0, 0.1) is 0 Å². The molecular weight excluding hydrogens is 260 g/mol. The van der Waals surface area contributed by atoms with Gasteiger partial charge in [-0.1, -0.05) is 12.1 Å². The molecule has 2 aromatic carbocycles. The Morgan fingerprint density at radius 3 is 2.76 bits per heavy atom. The van der Waals surface area contributed by atoms with E-state index < -0.39 is 0 Å². The quantitative estimate of drug-likeness (QED) is 0.909. The topological polar surface area (TPSA) is 24.5 Å². The summed E-state index contributed by atoms with van der Waals surface area (Å²) in [6.45, 7) is 5.19. The van der Waals surface area contributed by atoms with Crippen molar-refractivity contribution in [3.05, 3.63) is 48.0 Å². The maximum atomic E-state index is 5.86. The van der Waals surface area contributed by atoms with E-state index >= 15 is 0 Å². The summed E-state index contributed by atoms with van der Waals surface area (Å²) in [5, 5.41) is 3.48. The molecule has 1 N–H and O–H groups in total. The minimum absolute atomic E-state index is 0.168. The predicted molar refractivity (Wildman–Crippen MR) is 88.9 cm³/mol. The van der Waals surface area contributed by atoms with E-state index in [0.717, 1.165) is 30.1 Å². The van der Waals surface area contributed by atoms with Crippen molar-refractivity contribution >= 4 is 17.1 Å². The highest BCUT2D eigenvalue weighted by atomic mass is 16.5. The van der Waals surface area contributed by atoms with Gasteiger partial charge in [-0.25, -0.2) is 0 Å². The fourth-order valence-electron chi connectivity index (χ4n) is 2.73. The van der Waals surface area contributed by atoms with E-state index in [2.05, 4.69) is 41.5 Å². The fourth-order valence-corrected chi connectivity index (χ4v) is 2.73. The number of hydrogen-bond acceptors (Lipinski definition) is 3. The molecule has 0 aliphatic carbocycles. The number of rotatable bonds is 4. The van der Waals surface area contributed by atoms with Crippen LogP contribution in [0.3, 0.4) is 0 Å². The Balaban J connectivity index is 1.84. The number of likely N-dealkylation sites (N-methyl/N-ethyl adjacent to an activating group) is 1. The lowest BCUT2D eigenvalue weighted by molar-refractivity contribution is 0.244. The summed E-state index contributed by atoms with van der Waals surface area (Å²) in [4.78, 5) is 2.30. The number of fused-ring (bicyclic) bond motifs is 1. The summed E-state index contributed by atoms with van der Waals surface area (Å²) in [6, 6.07) is 14.6. The molecule has 0 saturated heterocycles. The zero-order valence-corrected chi connectivity index (χ0v) is 12.9. The molecule has 110 valence electrons. The van der Waals surface area contributed by atoms with Crippen LogP contribution in [0.2, 0.25) is 0 Å². The summed E-state index contributed by atoms with van der Waals surface area (Å²) in [6.07, 6.45) is 1.28. The molecule has 1 heterocycles. The summed E-state index contributed by atoms with van der Waals surface area (Å²) < 4.78 is 5.86. The highest BCUT2D eigenvalue weighted by Gasteiger charge is 2.15. The largest absolute Gasteiger partial charge is 0.489 e. The predicted octanol–water partition coefficient (Wildman–Crippen LogP) is 4.21. The zero-order valence-electron chi connectivity index (χ0n) is 12.9. The van der Waals surface area contributed by atoms with E-state index in [1.165, 1.54) is 11.3 Å². The number of nitrogens with one attached hydrogen (secondary N) is 1. The van der Waals surface area contributed by atoms with Crippen molar-refractivity contribution < 1.29 is 4.74 Å². The minimum atomic E-state index is 0.168. The highest BCUT2D eigenvalue weighted by molar-refractivity contribution is 5.70. The van der Waals surface area contributed by atoms with Gasteiger partial charge >= 0.3 is 0 Å². The summed E-state index contributed by atoms with van der Waals surface area (Å²) in [5.74, 6) is 0.894. The molecule has 2 aromatic rings. The van der Waals surface area contributed by atoms with Crippen LogP contribution in [0.15, 0.2) is 42.5 Å². The Morgan fingerprint density at radius 1 is 1.14 bits per heavy atom. The molecule has 1 aliphatic rings. The van der Waals surface area contributed by atoms with Crippen LogP contribution in [0.5, 0.6) is 5.75 Å². The van der Waals surface area contributed by atoms with Gasteiger partial charge in [-0.2, -0.15) is 0 Å². The number of anilines is 3. The van der Waals surface area contributed by atoms with Crippen LogP contribution in [-0.2, 0) is 6.42 Å². The first-order valence-corrected chi connectivity index (χ1v) is 7.50. The van der Waals surface area contributed by atoms with Crippen molar-refractivity contribution in [2.24, 2.45) is 0 Å². The third kappa shape index (κ3) is 2.97. The van der Waals surface area contributed by atoms with Crippen LogP contribution < -0.4 is 15.0 Å². The van der Waals surface area contributed by atoms with E-state index in [-0.39, 0.29) is 6.10 Å². The second kappa shape index (κ2) is 5.68. The smallest absolute Gasteiger partial charge is 0.143 e. The summed E-state index contributed by atoms with van der Waals surface area (Å²) in [5.41, 5.74) is 4.87. The van der Waals surface area contributed by atoms with Crippen LogP contribution in [0.4, 0.5) is 17.1 Å². The van der Waals surface area contributed by atoms with Gasteiger partial charge in [0.1, 0.15) is 5.75 Å². The molecule has 0 amide bonds. The second-order valence-electron chi connectivity index (χ2n) is 5.80. The van der Waals surface area contributed by atoms with Crippen LogP contribution >= 0.6 is 0 Å². The minimum Gasteiger partial charge on any atom is -0.489 e. The van der Waals surface area contributed by atoms with Gasteiger partial charge in [0.05, 0.1) is 11.8 Å². The second-order valence-corrected chi connectivity index (χ2v) is 5.80. The first-order valence-electron chi connectivity index (χ1n) is 7.50. The molecule has 3 heteroatoms. The van der Waals surface area contributed by atoms with Crippen molar-refractivity contribution in [2.45, 2.75) is 26.4 Å². The maximum Gasteiger partial charge on any atom is 0.143 e. The van der Waals surface area contributed by atoms with Crippen molar-refractivity contribution in [3.8, 4) is 5.75 Å². The van der Waals surface area contributed by atoms with Crippen LogP contribution in [0.1, 0.15) is 19.4 Å². The lowest BCUT2D eigenvalue weighted by Gasteiger charge is -2.16. The van der Waals surface area contributed by atoms with Crippen molar-refractivity contribution in [1.82, 2.24) is 0 Å². The molecule has 0 spiro atoms. The van der Waals surface area contributed by atoms with Gasteiger partial charge in [-0.15, -0.1) is 0 Å². The van der Waals surface area contributed by atoms with E-state index in [1.807, 2.05) is 32.0 Å². The maximum absolute atomic E-state index is 5.86. The molecule has 0 saturated carbocycles. The van der Waals surface area contributed by atoms with Crippen LogP contribution in [-0.4, -0.2) is 19.7 Å².